The minimum atomic E-state index is -4.93. The Morgan fingerprint density at radius 2 is 1.64 bits per heavy atom. The Morgan fingerprint density at radius 3 is 2.12 bits per heavy atom. The molecule has 0 aliphatic carbocycles. The van der Waals surface area contributed by atoms with Crippen LogP contribution in [0.15, 0.2) is 52.3 Å². The van der Waals surface area contributed by atoms with Crippen LogP contribution in [-0.2, 0) is 17.1 Å². The largest absolute Gasteiger partial charge is 0.409 e. The Morgan fingerprint density at radius 1 is 1.08 bits per heavy atom. The second kappa shape index (κ2) is 6.60. The maximum atomic E-state index is 13.5. The number of rotatable bonds is 4. The molecular formula is C15H14F4N2O3S. The zero-order chi connectivity index (χ0) is 19.0. The highest BCUT2D eigenvalue weighted by Gasteiger charge is 2.47. The van der Waals surface area contributed by atoms with Gasteiger partial charge in [0, 0.05) is 26.4 Å². The quantitative estimate of drug-likeness (QED) is 0.768. The van der Waals surface area contributed by atoms with Crippen LogP contribution < -0.4 is 5.56 Å². The lowest BCUT2D eigenvalue weighted by molar-refractivity contribution is -0.171. The summed E-state index contributed by atoms with van der Waals surface area (Å²) in [4.78, 5) is 10.9. The summed E-state index contributed by atoms with van der Waals surface area (Å²) in [5.74, 6) is -0.742. The summed E-state index contributed by atoms with van der Waals surface area (Å²) in [7, 11) is -2.50. The average molecular weight is 378 g/mol. The van der Waals surface area contributed by atoms with Gasteiger partial charge in [-0.05, 0) is 23.8 Å². The van der Waals surface area contributed by atoms with E-state index >= 15 is 0 Å². The van der Waals surface area contributed by atoms with Crippen LogP contribution in [0, 0.1) is 5.82 Å². The van der Waals surface area contributed by atoms with Gasteiger partial charge >= 0.3 is 6.18 Å². The number of alkyl halides is 3. The molecule has 0 N–H and O–H groups in total. The molecule has 0 aliphatic rings. The first-order chi connectivity index (χ1) is 11.4. The molecule has 25 heavy (non-hydrogen) atoms. The Kier molecular flexibility index (Phi) is 5.05. The summed E-state index contributed by atoms with van der Waals surface area (Å²) < 4.78 is 79.7. The third-order valence-corrected chi connectivity index (χ3v) is 5.40. The molecule has 136 valence electrons. The van der Waals surface area contributed by atoms with Gasteiger partial charge in [-0.3, -0.25) is 4.79 Å². The number of aromatic nitrogens is 1. The van der Waals surface area contributed by atoms with Crippen LogP contribution in [0.3, 0.4) is 0 Å². The number of pyridine rings is 1. The van der Waals surface area contributed by atoms with Gasteiger partial charge in [0.25, 0.3) is 0 Å². The van der Waals surface area contributed by atoms with Gasteiger partial charge in [0.15, 0.2) is 0 Å². The molecule has 1 heterocycles. The van der Waals surface area contributed by atoms with Crippen LogP contribution >= 0.6 is 0 Å². The number of nitrogens with zero attached hydrogens (tertiary/aromatic N) is 2. The SMILES string of the molecule is CN([C@H](c1ccc(F)cc1)C(F)(F)F)S(=O)(=O)c1ccc(=O)n(C)c1. The van der Waals surface area contributed by atoms with E-state index in [-0.39, 0.29) is 4.31 Å². The summed E-state index contributed by atoms with van der Waals surface area (Å²) >= 11 is 0. The summed E-state index contributed by atoms with van der Waals surface area (Å²) in [6.45, 7) is 0. The van der Waals surface area contributed by atoms with Gasteiger partial charge in [-0.2, -0.15) is 17.5 Å². The van der Waals surface area contributed by atoms with Gasteiger partial charge < -0.3 is 4.57 Å². The lowest BCUT2D eigenvalue weighted by atomic mass is 10.1. The molecule has 0 fully saturated rings. The highest BCUT2D eigenvalue weighted by molar-refractivity contribution is 7.89. The normalized spacial score (nSPS) is 13.9. The van der Waals surface area contributed by atoms with E-state index in [1.54, 1.807) is 0 Å². The molecule has 0 unspecified atom stereocenters. The predicted octanol–water partition coefficient (Wildman–Crippen LogP) is 2.45. The Labute approximate surface area is 141 Å². The fraction of sp³-hybridized carbons (Fsp3) is 0.267. The maximum absolute atomic E-state index is 13.5. The first kappa shape index (κ1) is 19.1. The van der Waals surface area contributed by atoms with Crippen molar-refractivity contribution in [2.75, 3.05) is 7.05 Å². The Bertz CT molecular complexity index is 921. The Balaban J connectivity index is 2.55. The van der Waals surface area contributed by atoms with Gasteiger partial charge in [0.1, 0.15) is 11.9 Å². The van der Waals surface area contributed by atoms with Crippen LogP contribution in [-0.4, -0.2) is 30.5 Å². The number of benzene rings is 1. The zero-order valence-electron chi connectivity index (χ0n) is 13.2. The smallest absolute Gasteiger partial charge is 0.317 e. The molecule has 1 atom stereocenters. The fourth-order valence-electron chi connectivity index (χ4n) is 2.28. The van der Waals surface area contributed by atoms with Crippen molar-refractivity contribution in [3.05, 3.63) is 64.3 Å². The minimum absolute atomic E-state index is 0.153. The van der Waals surface area contributed by atoms with E-state index in [9.17, 15) is 30.8 Å². The predicted molar refractivity (Wildman–Crippen MR) is 81.8 cm³/mol. The second-order valence-electron chi connectivity index (χ2n) is 5.33. The topological polar surface area (TPSA) is 59.4 Å². The molecule has 10 heteroatoms. The number of hydrogen-bond acceptors (Lipinski definition) is 3. The zero-order valence-corrected chi connectivity index (χ0v) is 14.0. The van der Waals surface area contributed by atoms with Crippen LogP contribution in [0.25, 0.3) is 0 Å². The number of hydrogen-bond donors (Lipinski definition) is 0. The van der Waals surface area contributed by atoms with E-state index in [2.05, 4.69) is 0 Å². The van der Waals surface area contributed by atoms with Crippen LogP contribution in [0.2, 0.25) is 0 Å². The highest BCUT2D eigenvalue weighted by Crippen LogP contribution is 2.39. The van der Waals surface area contributed by atoms with E-state index in [4.69, 9.17) is 0 Å². The lowest BCUT2D eigenvalue weighted by Gasteiger charge is -2.29. The summed E-state index contributed by atoms with van der Waals surface area (Å²) in [5.41, 5.74) is -0.933. The van der Waals surface area contributed by atoms with Crippen molar-refractivity contribution in [2.45, 2.75) is 17.1 Å². The van der Waals surface area contributed by atoms with Crippen molar-refractivity contribution >= 4 is 10.0 Å². The van der Waals surface area contributed by atoms with Crippen molar-refractivity contribution in [3.8, 4) is 0 Å². The van der Waals surface area contributed by atoms with Crippen molar-refractivity contribution < 1.29 is 26.0 Å². The van der Waals surface area contributed by atoms with Crippen molar-refractivity contribution in [1.82, 2.24) is 8.87 Å². The molecule has 0 radical (unpaired) electrons. The molecule has 0 aliphatic heterocycles. The average Bonchev–Trinajstić information content (AvgIpc) is 2.50. The molecule has 0 saturated carbocycles. The third kappa shape index (κ3) is 3.90. The molecule has 1 aromatic heterocycles. The molecule has 0 spiro atoms. The fourth-order valence-corrected chi connectivity index (χ4v) is 3.66. The molecule has 0 saturated heterocycles. The lowest BCUT2D eigenvalue weighted by Crippen LogP contribution is -2.40. The maximum Gasteiger partial charge on any atom is 0.409 e. The van der Waals surface area contributed by atoms with Crippen molar-refractivity contribution in [3.63, 3.8) is 0 Å². The number of aryl methyl sites for hydroxylation is 1. The van der Waals surface area contributed by atoms with E-state index in [0.29, 0.717) is 0 Å². The van der Waals surface area contributed by atoms with Gasteiger partial charge in [-0.15, -0.1) is 0 Å². The standard InChI is InChI=1S/C15H14F4N2O3S/c1-20-9-12(7-8-13(20)22)25(23,24)21(2)14(15(17,18)19)10-3-5-11(16)6-4-10/h3-9,14H,1-2H3/t14-/m1/s1. The summed E-state index contributed by atoms with van der Waals surface area (Å²) in [6, 6.07) is 2.77. The molecule has 0 amide bonds. The van der Waals surface area contributed by atoms with Gasteiger partial charge in [-0.1, -0.05) is 12.1 Å². The molecule has 5 nitrogen and oxygen atoms in total. The van der Waals surface area contributed by atoms with E-state index in [1.807, 2.05) is 0 Å². The molecular weight excluding hydrogens is 364 g/mol. The molecule has 1 aromatic carbocycles. The third-order valence-electron chi connectivity index (χ3n) is 3.60. The van der Waals surface area contributed by atoms with Gasteiger partial charge in [0.2, 0.25) is 15.6 Å². The molecule has 2 aromatic rings. The first-order valence-corrected chi connectivity index (χ1v) is 8.35. The summed E-state index contributed by atoms with van der Waals surface area (Å²) in [6.07, 6.45) is -3.99. The number of sulfonamides is 1. The number of halogens is 4. The van der Waals surface area contributed by atoms with Crippen LogP contribution in [0.4, 0.5) is 17.6 Å². The van der Waals surface area contributed by atoms with Crippen LogP contribution in [0.1, 0.15) is 11.6 Å². The summed E-state index contributed by atoms with van der Waals surface area (Å²) in [5, 5.41) is 0. The van der Waals surface area contributed by atoms with E-state index in [0.717, 1.165) is 54.2 Å². The van der Waals surface area contributed by atoms with Crippen LogP contribution in [0.5, 0.6) is 0 Å². The molecule has 2 rings (SSSR count). The minimum Gasteiger partial charge on any atom is -0.317 e. The molecule has 0 bridgehead atoms. The van der Waals surface area contributed by atoms with E-state index < -0.39 is 44.1 Å². The van der Waals surface area contributed by atoms with E-state index in [1.165, 1.54) is 7.05 Å². The van der Waals surface area contributed by atoms with Gasteiger partial charge in [-0.25, -0.2) is 12.8 Å². The van der Waals surface area contributed by atoms with Gasteiger partial charge in [0.05, 0.1) is 4.90 Å². The highest BCUT2D eigenvalue weighted by atomic mass is 32.2. The van der Waals surface area contributed by atoms with Crippen molar-refractivity contribution in [2.24, 2.45) is 7.05 Å². The monoisotopic (exact) mass is 378 g/mol. The first-order valence-electron chi connectivity index (χ1n) is 6.91. The Hall–Kier alpha value is -2.20. The second-order valence-corrected chi connectivity index (χ2v) is 7.33. The van der Waals surface area contributed by atoms with Crippen molar-refractivity contribution in [1.29, 1.82) is 0 Å².